The Kier molecular flexibility index (Phi) is 3.81. The van der Waals surface area contributed by atoms with Crippen molar-refractivity contribution in [3.8, 4) is 6.07 Å². The first-order valence-corrected chi connectivity index (χ1v) is 6.14. The molecule has 0 radical (unpaired) electrons. The van der Waals surface area contributed by atoms with Gasteiger partial charge in [0.25, 0.3) is 0 Å². The molecular weight excluding hydrogens is 242 g/mol. The highest BCUT2D eigenvalue weighted by molar-refractivity contribution is 5.96. The van der Waals surface area contributed by atoms with Crippen molar-refractivity contribution in [3.63, 3.8) is 0 Å². The Morgan fingerprint density at radius 3 is 3.00 bits per heavy atom. The number of anilines is 1. The van der Waals surface area contributed by atoms with E-state index in [1.165, 1.54) is 0 Å². The summed E-state index contributed by atoms with van der Waals surface area (Å²) in [7, 11) is 1.76. The number of nitrogens with zero attached hydrogens (tertiary/aromatic N) is 2. The molecule has 0 unspecified atom stereocenters. The first-order valence-electron chi connectivity index (χ1n) is 6.14. The van der Waals surface area contributed by atoms with Crippen LogP contribution in [-0.2, 0) is 22.4 Å². The summed E-state index contributed by atoms with van der Waals surface area (Å²) in [6.45, 7) is 0.0288. The summed E-state index contributed by atoms with van der Waals surface area (Å²) in [5.74, 6) is -0.0475. The van der Waals surface area contributed by atoms with Gasteiger partial charge in [0.2, 0.25) is 11.8 Å². The molecule has 0 spiro atoms. The van der Waals surface area contributed by atoms with Gasteiger partial charge in [-0.3, -0.25) is 9.59 Å². The van der Waals surface area contributed by atoms with Gasteiger partial charge in [-0.2, -0.15) is 5.26 Å². The predicted molar refractivity (Wildman–Crippen MR) is 70.5 cm³/mol. The zero-order chi connectivity index (χ0) is 13.8. The van der Waals surface area contributed by atoms with Crippen molar-refractivity contribution >= 4 is 17.5 Å². The van der Waals surface area contributed by atoms with Crippen molar-refractivity contribution < 1.29 is 9.59 Å². The lowest BCUT2D eigenvalue weighted by molar-refractivity contribution is -0.120. The Balaban J connectivity index is 2.12. The molecular formula is C14H15N3O2. The fraction of sp³-hybridized carbons (Fsp3) is 0.357. The van der Waals surface area contributed by atoms with Crippen molar-refractivity contribution in [1.82, 2.24) is 5.32 Å². The predicted octanol–water partition coefficient (Wildman–Crippen LogP) is 0.778. The van der Waals surface area contributed by atoms with Gasteiger partial charge in [-0.15, -0.1) is 0 Å². The summed E-state index contributed by atoms with van der Waals surface area (Å²) >= 11 is 0. The molecule has 98 valence electrons. The molecule has 0 bridgehead atoms. The van der Waals surface area contributed by atoms with Crippen molar-refractivity contribution in [2.45, 2.75) is 19.3 Å². The van der Waals surface area contributed by atoms with E-state index in [4.69, 9.17) is 5.26 Å². The summed E-state index contributed by atoms with van der Waals surface area (Å²) in [6.07, 6.45) is 1.48. The lowest BCUT2D eigenvalue weighted by Gasteiger charge is -2.26. The highest BCUT2D eigenvalue weighted by Gasteiger charge is 2.20. The molecule has 1 N–H and O–H groups in total. The van der Waals surface area contributed by atoms with Gasteiger partial charge in [0.05, 0.1) is 12.5 Å². The number of aryl methyl sites for hydroxylation is 1. The SMILES string of the molecule is CN1C(=O)CCc2cc(CC(=O)NCC#N)ccc21. The topological polar surface area (TPSA) is 73.2 Å². The highest BCUT2D eigenvalue weighted by atomic mass is 16.2. The molecule has 1 aliphatic rings. The minimum absolute atomic E-state index is 0.0288. The molecule has 0 atom stereocenters. The fourth-order valence-corrected chi connectivity index (χ4v) is 2.21. The molecule has 0 aliphatic carbocycles. The molecule has 2 rings (SSSR count). The summed E-state index contributed by atoms with van der Waals surface area (Å²) in [5.41, 5.74) is 2.90. The molecule has 1 aliphatic heterocycles. The van der Waals surface area contributed by atoms with Gasteiger partial charge in [-0.1, -0.05) is 12.1 Å². The van der Waals surface area contributed by atoms with Gasteiger partial charge >= 0.3 is 0 Å². The van der Waals surface area contributed by atoms with Crippen molar-refractivity contribution in [2.24, 2.45) is 0 Å². The molecule has 1 aromatic carbocycles. The first-order chi connectivity index (χ1) is 9.11. The number of amides is 2. The van der Waals surface area contributed by atoms with Crippen LogP contribution in [0.1, 0.15) is 17.5 Å². The minimum atomic E-state index is -0.165. The Labute approximate surface area is 111 Å². The van der Waals surface area contributed by atoms with Crippen LogP contribution >= 0.6 is 0 Å². The van der Waals surface area contributed by atoms with E-state index in [2.05, 4.69) is 5.32 Å². The molecule has 1 aromatic rings. The average Bonchev–Trinajstić information content (AvgIpc) is 2.41. The summed E-state index contributed by atoms with van der Waals surface area (Å²) in [6, 6.07) is 7.55. The zero-order valence-electron chi connectivity index (χ0n) is 10.8. The third kappa shape index (κ3) is 2.91. The summed E-state index contributed by atoms with van der Waals surface area (Å²) < 4.78 is 0. The molecule has 2 amide bonds. The Bertz CT molecular complexity index is 560. The Morgan fingerprint density at radius 1 is 1.47 bits per heavy atom. The smallest absolute Gasteiger partial charge is 0.227 e. The maximum Gasteiger partial charge on any atom is 0.227 e. The second-order valence-electron chi connectivity index (χ2n) is 4.53. The van der Waals surface area contributed by atoms with Crippen LogP contribution in [0.25, 0.3) is 0 Å². The number of hydrogen-bond donors (Lipinski definition) is 1. The Hall–Kier alpha value is -2.35. The number of fused-ring (bicyclic) bond motifs is 1. The average molecular weight is 257 g/mol. The fourth-order valence-electron chi connectivity index (χ4n) is 2.21. The second-order valence-corrected chi connectivity index (χ2v) is 4.53. The van der Waals surface area contributed by atoms with Crippen molar-refractivity contribution in [3.05, 3.63) is 29.3 Å². The van der Waals surface area contributed by atoms with E-state index >= 15 is 0 Å². The van der Waals surface area contributed by atoms with Crippen molar-refractivity contribution in [2.75, 3.05) is 18.5 Å². The third-order valence-electron chi connectivity index (χ3n) is 3.22. The number of rotatable bonds is 3. The van der Waals surface area contributed by atoms with E-state index in [-0.39, 0.29) is 24.8 Å². The molecule has 0 saturated carbocycles. The van der Waals surface area contributed by atoms with E-state index < -0.39 is 0 Å². The van der Waals surface area contributed by atoms with Gasteiger partial charge < -0.3 is 10.2 Å². The quantitative estimate of drug-likeness (QED) is 0.813. The molecule has 0 aromatic heterocycles. The van der Waals surface area contributed by atoms with Crippen LogP contribution in [0.15, 0.2) is 18.2 Å². The number of carbonyl (C=O) groups is 2. The van der Waals surface area contributed by atoms with Gasteiger partial charge in [0.1, 0.15) is 6.54 Å². The molecule has 0 fully saturated rings. The van der Waals surface area contributed by atoms with E-state index in [1.54, 1.807) is 11.9 Å². The van der Waals surface area contributed by atoms with Gasteiger partial charge in [-0.05, 0) is 23.6 Å². The Morgan fingerprint density at radius 2 is 2.26 bits per heavy atom. The molecule has 19 heavy (non-hydrogen) atoms. The van der Waals surface area contributed by atoms with Crippen molar-refractivity contribution in [1.29, 1.82) is 5.26 Å². The summed E-state index contributed by atoms with van der Waals surface area (Å²) in [4.78, 5) is 24.7. The van der Waals surface area contributed by atoms with Crippen LogP contribution in [0, 0.1) is 11.3 Å². The standard InChI is InChI=1S/C14H15N3O2/c1-17-12-4-2-10(9-13(18)16-7-6-15)8-11(12)3-5-14(17)19/h2,4,8H,3,5,7,9H2,1H3,(H,16,18). The number of benzene rings is 1. The van der Waals surface area contributed by atoms with Crippen LogP contribution in [-0.4, -0.2) is 25.4 Å². The van der Waals surface area contributed by atoms with Crippen LogP contribution in [0.5, 0.6) is 0 Å². The van der Waals surface area contributed by atoms with E-state index in [9.17, 15) is 9.59 Å². The summed E-state index contributed by atoms with van der Waals surface area (Å²) in [5, 5.41) is 10.9. The first kappa shape index (κ1) is 13.1. The maximum absolute atomic E-state index is 11.6. The van der Waals surface area contributed by atoms with Crippen LogP contribution < -0.4 is 10.2 Å². The van der Waals surface area contributed by atoms with E-state index in [1.807, 2.05) is 24.3 Å². The van der Waals surface area contributed by atoms with Gasteiger partial charge in [0, 0.05) is 19.2 Å². The van der Waals surface area contributed by atoms with Gasteiger partial charge in [-0.25, -0.2) is 0 Å². The lowest BCUT2D eigenvalue weighted by atomic mass is 9.98. The monoisotopic (exact) mass is 257 g/mol. The van der Waals surface area contributed by atoms with Crippen LogP contribution in [0.2, 0.25) is 0 Å². The normalized spacial score (nSPS) is 13.7. The largest absolute Gasteiger partial charge is 0.343 e. The molecule has 1 heterocycles. The zero-order valence-corrected chi connectivity index (χ0v) is 10.8. The molecule has 0 saturated heterocycles. The lowest BCUT2D eigenvalue weighted by Crippen LogP contribution is -2.31. The van der Waals surface area contributed by atoms with E-state index in [0.717, 1.165) is 16.8 Å². The minimum Gasteiger partial charge on any atom is -0.343 e. The molecule has 5 nitrogen and oxygen atoms in total. The number of nitriles is 1. The number of nitrogens with one attached hydrogen (secondary N) is 1. The number of hydrogen-bond acceptors (Lipinski definition) is 3. The second kappa shape index (κ2) is 5.53. The van der Waals surface area contributed by atoms with Gasteiger partial charge in [0.15, 0.2) is 0 Å². The maximum atomic E-state index is 11.6. The molecule has 5 heteroatoms. The third-order valence-corrected chi connectivity index (χ3v) is 3.22. The highest BCUT2D eigenvalue weighted by Crippen LogP contribution is 2.27. The van der Waals surface area contributed by atoms with Crippen LogP contribution in [0.3, 0.4) is 0 Å². The van der Waals surface area contributed by atoms with Crippen LogP contribution in [0.4, 0.5) is 5.69 Å². The number of carbonyl (C=O) groups excluding carboxylic acids is 2. The van der Waals surface area contributed by atoms with E-state index in [0.29, 0.717) is 12.8 Å².